The minimum atomic E-state index is 0.250. The Kier molecular flexibility index (Phi) is 7.20. The number of ether oxygens (including phenoxy) is 1. The van der Waals surface area contributed by atoms with E-state index in [1.54, 1.807) is 18.2 Å². The van der Waals surface area contributed by atoms with E-state index in [0.717, 1.165) is 52.8 Å². The van der Waals surface area contributed by atoms with E-state index in [1.807, 2.05) is 48.5 Å². The van der Waals surface area contributed by atoms with Gasteiger partial charge in [0.1, 0.15) is 17.2 Å². The van der Waals surface area contributed by atoms with Crippen molar-refractivity contribution in [2.75, 3.05) is 13.2 Å². The maximum atomic E-state index is 10.5. The summed E-state index contributed by atoms with van der Waals surface area (Å²) < 4.78 is 6.01. The summed E-state index contributed by atoms with van der Waals surface area (Å²) in [6, 6.07) is 25.9. The third-order valence-corrected chi connectivity index (χ3v) is 6.99. The van der Waals surface area contributed by atoms with Gasteiger partial charge >= 0.3 is 0 Å². The lowest BCUT2D eigenvalue weighted by atomic mass is 9.90. The Balaban J connectivity index is 1.33. The van der Waals surface area contributed by atoms with Crippen LogP contribution < -0.4 is 10.1 Å². The highest BCUT2D eigenvalue weighted by atomic mass is 16.5. The highest BCUT2D eigenvalue weighted by molar-refractivity contribution is 5.93. The van der Waals surface area contributed by atoms with Gasteiger partial charge in [0.25, 0.3) is 0 Å². The van der Waals surface area contributed by atoms with Gasteiger partial charge in [-0.3, -0.25) is 0 Å². The summed E-state index contributed by atoms with van der Waals surface area (Å²) in [4.78, 5) is 0. The number of benzene rings is 4. The molecule has 35 heavy (non-hydrogen) atoms. The average molecular weight is 468 g/mol. The van der Waals surface area contributed by atoms with Gasteiger partial charge < -0.3 is 20.3 Å². The average Bonchev–Trinajstić information content (AvgIpc) is 2.89. The van der Waals surface area contributed by atoms with Gasteiger partial charge in [-0.05, 0) is 96.4 Å². The molecule has 0 aromatic heterocycles. The maximum absolute atomic E-state index is 10.5. The van der Waals surface area contributed by atoms with Crippen molar-refractivity contribution < 1.29 is 14.9 Å². The van der Waals surface area contributed by atoms with Crippen LogP contribution in [-0.2, 0) is 6.42 Å². The second kappa shape index (κ2) is 10.8. The van der Waals surface area contributed by atoms with Crippen molar-refractivity contribution in [2.45, 2.75) is 44.6 Å². The molecule has 3 N–H and O–H groups in total. The molecule has 4 nitrogen and oxygen atoms in total. The van der Waals surface area contributed by atoms with Crippen LogP contribution in [0.25, 0.3) is 21.9 Å². The lowest BCUT2D eigenvalue weighted by Crippen LogP contribution is -2.34. The minimum absolute atomic E-state index is 0.250. The first kappa shape index (κ1) is 23.3. The van der Waals surface area contributed by atoms with Crippen LogP contribution in [0.2, 0.25) is 0 Å². The number of phenols is 2. The molecule has 1 aliphatic heterocycles. The maximum Gasteiger partial charge on any atom is 0.123 e. The van der Waals surface area contributed by atoms with Gasteiger partial charge in [0.15, 0.2) is 0 Å². The molecule has 1 aliphatic rings. The van der Waals surface area contributed by atoms with E-state index in [-0.39, 0.29) is 11.5 Å². The molecule has 1 atom stereocenters. The molecule has 0 aliphatic carbocycles. The fraction of sp³-hybridized carbons (Fsp3) is 0.290. The molecule has 1 heterocycles. The lowest BCUT2D eigenvalue weighted by molar-refractivity contribution is 0.285. The molecule has 1 unspecified atom stereocenters. The molecule has 0 bridgehead atoms. The number of hydrogen-bond acceptors (Lipinski definition) is 4. The van der Waals surface area contributed by atoms with Gasteiger partial charge in [0.05, 0.1) is 6.61 Å². The molecule has 0 spiro atoms. The molecule has 5 rings (SSSR count). The van der Waals surface area contributed by atoms with Crippen LogP contribution in [0, 0.1) is 0 Å². The zero-order valence-electron chi connectivity index (χ0n) is 20.0. The lowest BCUT2D eigenvalue weighted by Gasteiger charge is -2.23. The highest BCUT2D eigenvalue weighted by Crippen LogP contribution is 2.37. The molecule has 4 aromatic carbocycles. The summed E-state index contributed by atoms with van der Waals surface area (Å²) in [5.74, 6) is 1.41. The highest BCUT2D eigenvalue weighted by Gasteiger charge is 2.14. The molecular formula is C31H33NO3. The van der Waals surface area contributed by atoms with Gasteiger partial charge in [-0.1, -0.05) is 55.0 Å². The van der Waals surface area contributed by atoms with Crippen LogP contribution in [0.3, 0.4) is 0 Å². The number of fused-ring (bicyclic) bond motifs is 1. The number of rotatable bonds is 8. The summed E-state index contributed by atoms with van der Waals surface area (Å²) in [7, 11) is 0. The van der Waals surface area contributed by atoms with Crippen molar-refractivity contribution in [1.82, 2.24) is 5.32 Å². The van der Waals surface area contributed by atoms with Gasteiger partial charge in [-0.15, -0.1) is 0 Å². The van der Waals surface area contributed by atoms with Crippen LogP contribution in [0.1, 0.15) is 43.2 Å². The Morgan fingerprint density at radius 3 is 2.51 bits per heavy atom. The number of piperidine rings is 1. The van der Waals surface area contributed by atoms with Crippen LogP contribution >= 0.6 is 0 Å². The first-order valence-electron chi connectivity index (χ1n) is 12.7. The van der Waals surface area contributed by atoms with Crippen LogP contribution in [0.15, 0.2) is 78.9 Å². The molecular weight excluding hydrogens is 434 g/mol. The molecule has 1 saturated heterocycles. The monoisotopic (exact) mass is 467 g/mol. The zero-order chi connectivity index (χ0) is 24.0. The summed E-state index contributed by atoms with van der Waals surface area (Å²) in [5, 5.41) is 26.2. The quantitative estimate of drug-likeness (QED) is 0.249. The standard InChI is InChI=1S/C31H33NO3/c33-25-13-17-27-23(21-25)12-16-28(29-8-1-2-9-31(29)34)30(27)20-22-10-14-26(15-11-22)35-19-5-7-24-6-3-4-18-32-24/h1-2,8-17,21,24,32-34H,3-7,18-20H2. The third kappa shape index (κ3) is 5.60. The molecule has 4 aromatic rings. The topological polar surface area (TPSA) is 61.7 Å². The van der Waals surface area contributed by atoms with Crippen molar-refractivity contribution in [3.63, 3.8) is 0 Å². The summed E-state index contributed by atoms with van der Waals surface area (Å²) >= 11 is 0. The van der Waals surface area contributed by atoms with Crippen molar-refractivity contribution in [1.29, 1.82) is 0 Å². The Labute approximate surface area is 207 Å². The Bertz CT molecular complexity index is 1280. The Morgan fingerprint density at radius 2 is 1.71 bits per heavy atom. The molecule has 0 saturated carbocycles. The Hall–Kier alpha value is -3.50. The van der Waals surface area contributed by atoms with Crippen LogP contribution in [-0.4, -0.2) is 29.4 Å². The third-order valence-electron chi connectivity index (χ3n) is 6.99. The predicted octanol–water partition coefficient (Wildman–Crippen LogP) is 6.81. The summed E-state index contributed by atoms with van der Waals surface area (Å²) in [6.07, 6.45) is 6.86. The number of nitrogens with one attached hydrogen (secondary N) is 1. The normalized spacial score (nSPS) is 15.8. The smallest absolute Gasteiger partial charge is 0.123 e. The van der Waals surface area contributed by atoms with Gasteiger partial charge in [0, 0.05) is 11.6 Å². The van der Waals surface area contributed by atoms with Gasteiger partial charge in [0.2, 0.25) is 0 Å². The second-order valence-electron chi connectivity index (χ2n) is 9.47. The number of aromatic hydroxyl groups is 2. The number of para-hydroxylation sites is 1. The minimum Gasteiger partial charge on any atom is -0.508 e. The first-order valence-corrected chi connectivity index (χ1v) is 12.7. The van der Waals surface area contributed by atoms with E-state index >= 15 is 0 Å². The van der Waals surface area contributed by atoms with E-state index < -0.39 is 0 Å². The van der Waals surface area contributed by atoms with Crippen molar-refractivity contribution in [2.24, 2.45) is 0 Å². The Morgan fingerprint density at radius 1 is 0.857 bits per heavy atom. The fourth-order valence-electron chi connectivity index (χ4n) is 5.12. The van der Waals surface area contributed by atoms with E-state index in [0.29, 0.717) is 12.5 Å². The zero-order valence-corrected chi connectivity index (χ0v) is 20.0. The van der Waals surface area contributed by atoms with E-state index in [1.165, 1.54) is 31.2 Å². The molecule has 1 fully saturated rings. The molecule has 180 valence electrons. The van der Waals surface area contributed by atoms with Crippen LogP contribution in [0.5, 0.6) is 17.2 Å². The molecule has 0 amide bonds. The molecule has 4 heteroatoms. The summed E-state index contributed by atoms with van der Waals surface area (Å²) in [5.41, 5.74) is 4.10. The SMILES string of the molecule is Oc1ccc2c(Cc3ccc(OCCCC4CCCCN4)cc3)c(-c3ccccc3O)ccc2c1. The van der Waals surface area contributed by atoms with Crippen LogP contribution in [0.4, 0.5) is 0 Å². The predicted molar refractivity (Wildman–Crippen MR) is 142 cm³/mol. The fourth-order valence-corrected chi connectivity index (χ4v) is 5.12. The summed E-state index contributed by atoms with van der Waals surface area (Å²) in [6.45, 7) is 1.89. The first-order chi connectivity index (χ1) is 17.2. The number of hydrogen-bond donors (Lipinski definition) is 3. The van der Waals surface area contributed by atoms with E-state index in [2.05, 4.69) is 17.4 Å². The van der Waals surface area contributed by atoms with E-state index in [4.69, 9.17) is 4.74 Å². The largest absolute Gasteiger partial charge is 0.508 e. The van der Waals surface area contributed by atoms with Crippen molar-refractivity contribution >= 4 is 10.8 Å². The van der Waals surface area contributed by atoms with Gasteiger partial charge in [-0.2, -0.15) is 0 Å². The number of phenolic OH excluding ortho intramolecular Hbond substituents is 2. The molecule has 0 radical (unpaired) electrons. The van der Waals surface area contributed by atoms with Gasteiger partial charge in [-0.25, -0.2) is 0 Å². The second-order valence-corrected chi connectivity index (χ2v) is 9.47. The van der Waals surface area contributed by atoms with Crippen molar-refractivity contribution in [3.05, 3.63) is 90.0 Å². The van der Waals surface area contributed by atoms with Crippen molar-refractivity contribution in [3.8, 4) is 28.4 Å². The van der Waals surface area contributed by atoms with E-state index in [9.17, 15) is 10.2 Å².